The highest BCUT2D eigenvalue weighted by atomic mass is 14.9. The SMILES string of the molecule is CCCNCC1(c2ccncc2)CC2(CCC2)C1. The van der Waals surface area contributed by atoms with Crippen molar-refractivity contribution in [2.24, 2.45) is 5.41 Å². The second kappa shape index (κ2) is 4.65. The molecular weight excluding hydrogens is 220 g/mol. The zero-order chi connectivity index (χ0) is 12.5. The Morgan fingerprint density at radius 3 is 2.50 bits per heavy atom. The summed E-state index contributed by atoms with van der Waals surface area (Å²) in [5, 5.41) is 3.64. The quantitative estimate of drug-likeness (QED) is 0.804. The first-order valence-corrected chi connectivity index (χ1v) is 7.40. The molecule has 98 valence electrons. The number of rotatable bonds is 5. The molecular formula is C16H24N2. The molecule has 2 nitrogen and oxygen atoms in total. The maximum Gasteiger partial charge on any atom is 0.0270 e. The van der Waals surface area contributed by atoms with E-state index in [0.717, 1.165) is 18.5 Å². The lowest BCUT2D eigenvalue weighted by atomic mass is 9.44. The maximum atomic E-state index is 4.16. The third-order valence-corrected chi connectivity index (χ3v) is 5.02. The molecule has 0 bridgehead atoms. The molecule has 1 N–H and O–H groups in total. The largest absolute Gasteiger partial charge is 0.316 e. The molecule has 3 rings (SSSR count). The van der Waals surface area contributed by atoms with Crippen molar-refractivity contribution < 1.29 is 0 Å². The summed E-state index contributed by atoms with van der Waals surface area (Å²) < 4.78 is 0. The predicted molar refractivity (Wildman–Crippen MR) is 74.6 cm³/mol. The molecule has 1 spiro atoms. The molecule has 2 aliphatic rings. The van der Waals surface area contributed by atoms with E-state index in [4.69, 9.17) is 0 Å². The summed E-state index contributed by atoms with van der Waals surface area (Å²) in [7, 11) is 0. The van der Waals surface area contributed by atoms with Crippen LogP contribution in [-0.2, 0) is 5.41 Å². The fourth-order valence-corrected chi connectivity index (χ4v) is 4.06. The van der Waals surface area contributed by atoms with E-state index in [1.54, 1.807) is 0 Å². The Bertz CT molecular complexity index is 387. The molecule has 2 aliphatic carbocycles. The molecule has 0 aromatic carbocycles. The second-order valence-electron chi connectivity index (χ2n) is 6.40. The zero-order valence-electron chi connectivity index (χ0n) is 11.4. The van der Waals surface area contributed by atoms with E-state index in [1.807, 2.05) is 12.4 Å². The van der Waals surface area contributed by atoms with E-state index in [0.29, 0.717) is 5.41 Å². The summed E-state index contributed by atoms with van der Waals surface area (Å²) in [5.74, 6) is 0. The monoisotopic (exact) mass is 244 g/mol. The molecule has 2 heteroatoms. The van der Waals surface area contributed by atoms with Crippen LogP contribution < -0.4 is 5.32 Å². The van der Waals surface area contributed by atoms with Gasteiger partial charge in [0.25, 0.3) is 0 Å². The minimum absolute atomic E-state index is 0.401. The van der Waals surface area contributed by atoms with Crippen LogP contribution in [0.5, 0.6) is 0 Å². The van der Waals surface area contributed by atoms with E-state index < -0.39 is 0 Å². The number of nitrogens with zero attached hydrogens (tertiary/aromatic N) is 1. The molecule has 0 atom stereocenters. The van der Waals surface area contributed by atoms with Gasteiger partial charge in [-0.2, -0.15) is 0 Å². The standard InChI is InChI=1S/C16H24N2/c1-2-8-18-13-16(14-4-9-17-10-5-14)11-15(12-16)6-3-7-15/h4-5,9-10,18H,2-3,6-8,11-13H2,1H3. The molecule has 18 heavy (non-hydrogen) atoms. The van der Waals surface area contributed by atoms with Crippen molar-refractivity contribution in [3.8, 4) is 0 Å². The van der Waals surface area contributed by atoms with Crippen molar-refractivity contribution in [2.75, 3.05) is 13.1 Å². The molecule has 2 saturated carbocycles. The normalized spacial score (nSPS) is 23.4. The van der Waals surface area contributed by atoms with Gasteiger partial charge in [-0.3, -0.25) is 4.98 Å². The van der Waals surface area contributed by atoms with Crippen molar-refractivity contribution in [3.63, 3.8) is 0 Å². The fourth-order valence-electron chi connectivity index (χ4n) is 4.06. The Balaban J connectivity index is 1.73. The summed E-state index contributed by atoms with van der Waals surface area (Å²) in [5.41, 5.74) is 2.62. The third-order valence-electron chi connectivity index (χ3n) is 5.02. The van der Waals surface area contributed by atoms with Crippen LogP contribution in [0.2, 0.25) is 0 Å². The number of aromatic nitrogens is 1. The van der Waals surface area contributed by atoms with Crippen molar-refractivity contribution in [1.82, 2.24) is 10.3 Å². The maximum absolute atomic E-state index is 4.16. The van der Waals surface area contributed by atoms with Crippen molar-refractivity contribution >= 4 is 0 Å². The summed E-state index contributed by atoms with van der Waals surface area (Å²) >= 11 is 0. The minimum atomic E-state index is 0.401. The van der Waals surface area contributed by atoms with Gasteiger partial charge in [-0.05, 0) is 61.8 Å². The Morgan fingerprint density at radius 2 is 1.94 bits per heavy atom. The average molecular weight is 244 g/mol. The lowest BCUT2D eigenvalue weighted by molar-refractivity contribution is -0.0482. The van der Waals surface area contributed by atoms with Gasteiger partial charge < -0.3 is 5.32 Å². The van der Waals surface area contributed by atoms with E-state index in [2.05, 4.69) is 29.4 Å². The first-order valence-electron chi connectivity index (χ1n) is 7.40. The van der Waals surface area contributed by atoms with Crippen LogP contribution in [0.4, 0.5) is 0 Å². The van der Waals surface area contributed by atoms with Gasteiger partial charge in [0.2, 0.25) is 0 Å². The van der Waals surface area contributed by atoms with Crippen LogP contribution >= 0.6 is 0 Å². The Morgan fingerprint density at radius 1 is 1.22 bits per heavy atom. The number of pyridine rings is 1. The Labute approximate surface area is 110 Å². The summed E-state index contributed by atoms with van der Waals surface area (Å²) in [6.07, 6.45) is 12.3. The molecule has 0 amide bonds. The van der Waals surface area contributed by atoms with Crippen LogP contribution in [0.25, 0.3) is 0 Å². The number of hydrogen-bond donors (Lipinski definition) is 1. The van der Waals surface area contributed by atoms with Crippen LogP contribution in [-0.4, -0.2) is 18.1 Å². The molecule has 2 fully saturated rings. The van der Waals surface area contributed by atoms with Crippen LogP contribution in [0.3, 0.4) is 0 Å². The van der Waals surface area contributed by atoms with Gasteiger partial charge in [0.05, 0.1) is 0 Å². The first-order chi connectivity index (χ1) is 8.79. The molecule has 0 aliphatic heterocycles. The molecule has 1 aromatic heterocycles. The number of nitrogens with one attached hydrogen (secondary N) is 1. The highest BCUT2D eigenvalue weighted by Gasteiger charge is 2.57. The Hall–Kier alpha value is -0.890. The van der Waals surface area contributed by atoms with Gasteiger partial charge in [-0.1, -0.05) is 13.3 Å². The second-order valence-corrected chi connectivity index (χ2v) is 6.40. The summed E-state index contributed by atoms with van der Waals surface area (Å²) in [6.45, 7) is 4.52. The van der Waals surface area contributed by atoms with Gasteiger partial charge in [-0.15, -0.1) is 0 Å². The smallest absolute Gasteiger partial charge is 0.0270 e. The lowest BCUT2D eigenvalue weighted by Gasteiger charge is -2.61. The first kappa shape index (κ1) is 12.2. The topological polar surface area (TPSA) is 24.9 Å². The van der Waals surface area contributed by atoms with Crippen LogP contribution in [0.15, 0.2) is 24.5 Å². The van der Waals surface area contributed by atoms with Crippen LogP contribution in [0.1, 0.15) is 51.0 Å². The third kappa shape index (κ3) is 1.97. The van der Waals surface area contributed by atoms with E-state index >= 15 is 0 Å². The summed E-state index contributed by atoms with van der Waals surface area (Å²) in [6, 6.07) is 4.44. The zero-order valence-corrected chi connectivity index (χ0v) is 11.4. The van der Waals surface area contributed by atoms with Crippen LogP contribution in [0, 0.1) is 5.41 Å². The van der Waals surface area contributed by atoms with E-state index in [1.165, 1.54) is 44.1 Å². The van der Waals surface area contributed by atoms with Gasteiger partial charge in [0, 0.05) is 24.4 Å². The van der Waals surface area contributed by atoms with Gasteiger partial charge in [-0.25, -0.2) is 0 Å². The average Bonchev–Trinajstić information content (AvgIpc) is 2.31. The molecule has 0 radical (unpaired) electrons. The summed E-state index contributed by atoms with van der Waals surface area (Å²) in [4.78, 5) is 4.16. The lowest BCUT2D eigenvalue weighted by Crippen LogP contribution is -2.57. The van der Waals surface area contributed by atoms with Gasteiger partial charge >= 0.3 is 0 Å². The molecule has 0 saturated heterocycles. The molecule has 0 unspecified atom stereocenters. The highest BCUT2D eigenvalue weighted by molar-refractivity contribution is 5.30. The van der Waals surface area contributed by atoms with E-state index in [9.17, 15) is 0 Å². The van der Waals surface area contributed by atoms with Crippen molar-refractivity contribution in [1.29, 1.82) is 0 Å². The van der Waals surface area contributed by atoms with E-state index in [-0.39, 0.29) is 0 Å². The molecule has 1 heterocycles. The minimum Gasteiger partial charge on any atom is -0.316 e. The predicted octanol–water partition coefficient (Wildman–Crippen LogP) is 3.28. The fraction of sp³-hybridized carbons (Fsp3) is 0.688. The molecule has 1 aromatic rings. The van der Waals surface area contributed by atoms with Crippen molar-refractivity contribution in [2.45, 2.75) is 50.9 Å². The van der Waals surface area contributed by atoms with Crippen molar-refractivity contribution in [3.05, 3.63) is 30.1 Å². The van der Waals surface area contributed by atoms with Gasteiger partial charge in [0.15, 0.2) is 0 Å². The number of hydrogen-bond acceptors (Lipinski definition) is 2. The Kier molecular flexibility index (Phi) is 3.14. The van der Waals surface area contributed by atoms with Gasteiger partial charge in [0.1, 0.15) is 0 Å². The highest BCUT2D eigenvalue weighted by Crippen LogP contribution is 2.64.